The third-order valence-corrected chi connectivity index (χ3v) is 1.54. The van der Waals surface area contributed by atoms with Crippen molar-refractivity contribution in [1.82, 2.24) is 0 Å². The van der Waals surface area contributed by atoms with E-state index < -0.39 is 6.58 Å². The van der Waals surface area contributed by atoms with E-state index in [0.717, 1.165) is 12.8 Å². The van der Waals surface area contributed by atoms with Gasteiger partial charge < -0.3 is 4.84 Å². The molecule has 0 aliphatic heterocycles. The molecule has 0 aliphatic carbocycles. The highest BCUT2D eigenvalue weighted by Gasteiger charge is 1.89. The number of nitrogens with zero attached hydrogens (tertiary/aromatic N) is 1. The molecule has 66 valence electrons. The maximum atomic E-state index is 9.56. The first-order valence-corrected chi connectivity index (χ1v) is 4.22. The molecular formula is C8H17NO2. The van der Waals surface area contributed by atoms with Crippen molar-refractivity contribution in [2.24, 2.45) is 5.34 Å². The van der Waals surface area contributed by atoms with Crippen molar-refractivity contribution in [1.29, 1.82) is 0 Å². The number of rotatable bonds is 8. The quantitative estimate of drug-likeness (QED) is 0.311. The normalized spacial score (nSPS) is 13.7. The Kier molecular flexibility index (Phi) is 7.26. The van der Waals surface area contributed by atoms with Crippen LogP contribution in [-0.2, 0) is 4.84 Å². The van der Waals surface area contributed by atoms with E-state index in [9.17, 15) is 4.91 Å². The molecule has 0 N–H and O–H groups in total. The molecule has 0 fully saturated rings. The van der Waals surface area contributed by atoms with E-state index in [-0.39, 0.29) is 0 Å². The second kappa shape index (κ2) is 9.40. The summed E-state index contributed by atoms with van der Waals surface area (Å²) in [6, 6.07) is 0. The molecule has 0 aromatic carbocycles. The highest BCUT2D eigenvalue weighted by atomic mass is 16.7. The van der Waals surface area contributed by atoms with E-state index in [0.29, 0.717) is 6.42 Å². The Labute approximate surface area is 69.5 Å². The van der Waals surface area contributed by atoms with E-state index in [1.807, 2.05) is 0 Å². The first-order valence-electron chi connectivity index (χ1n) is 4.79. The topological polar surface area (TPSA) is 38.7 Å². The minimum absolute atomic E-state index is 0.607. The fraction of sp³-hybridized carbons (Fsp3) is 1.00. The predicted octanol–water partition coefficient (Wildman–Crippen LogP) is 3.04. The Morgan fingerprint density at radius 2 is 1.91 bits per heavy atom. The van der Waals surface area contributed by atoms with Gasteiger partial charge in [0.05, 0.1) is 1.37 Å². The van der Waals surface area contributed by atoms with Gasteiger partial charge >= 0.3 is 0 Å². The fourth-order valence-corrected chi connectivity index (χ4v) is 0.914. The van der Waals surface area contributed by atoms with Crippen molar-refractivity contribution in [3.8, 4) is 0 Å². The molecule has 0 aliphatic rings. The van der Waals surface area contributed by atoms with Crippen molar-refractivity contribution in [3.05, 3.63) is 4.91 Å². The molecule has 1 atom stereocenters. The third kappa shape index (κ3) is 9.40. The number of hydrogen-bond donors (Lipinski definition) is 0. The SMILES string of the molecule is [2H][C@@H](CCCCCCC)ON=O. The van der Waals surface area contributed by atoms with Gasteiger partial charge in [-0.3, -0.25) is 0 Å². The Morgan fingerprint density at radius 1 is 1.27 bits per heavy atom. The highest BCUT2D eigenvalue weighted by molar-refractivity contribution is 4.42. The van der Waals surface area contributed by atoms with Crippen LogP contribution in [0.5, 0.6) is 0 Å². The Bertz CT molecular complexity index is 111. The molecule has 0 spiro atoms. The average molecular weight is 160 g/mol. The van der Waals surface area contributed by atoms with Crippen molar-refractivity contribution >= 4 is 0 Å². The molecule has 0 radical (unpaired) electrons. The van der Waals surface area contributed by atoms with Crippen LogP contribution in [0.4, 0.5) is 0 Å². The van der Waals surface area contributed by atoms with Gasteiger partial charge in [-0.25, -0.2) is 0 Å². The summed E-state index contributed by atoms with van der Waals surface area (Å²) in [5.74, 6) is 0. The summed E-state index contributed by atoms with van der Waals surface area (Å²) in [4.78, 5) is 13.7. The highest BCUT2D eigenvalue weighted by Crippen LogP contribution is 2.04. The van der Waals surface area contributed by atoms with E-state index >= 15 is 0 Å². The lowest BCUT2D eigenvalue weighted by atomic mass is 10.1. The zero-order valence-electron chi connectivity index (χ0n) is 8.08. The van der Waals surface area contributed by atoms with E-state index in [1.165, 1.54) is 19.3 Å². The minimum atomic E-state index is -0.760. The standard InChI is InChI=1S/C8H17NO2/c1-2-3-4-5-6-7-8-11-9-10/h2-8H2,1H3/i8D/t8-/m0/s1. The lowest BCUT2D eigenvalue weighted by Gasteiger charge is -1.97. The second-order valence-corrected chi connectivity index (χ2v) is 2.55. The van der Waals surface area contributed by atoms with Gasteiger partial charge in [-0.2, -0.15) is 0 Å². The Balaban J connectivity index is 3.02. The van der Waals surface area contributed by atoms with Crippen LogP contribution in [0.15, 0.2) is 5.34 Å². The molecular weight excluding hydrogens is 142 g/mol. The van der Waals surface area contributed by atoms with Gasteiger partial charge in [0.25, 0.3) is 0 Å². The van der Waals surface area contributed by atoms with Crippen molar-refractivity contribution < 1.29 is 6.21 Å². The van der Waals surface area contributed by atoms with E-state index in [1.54, 1.807) is 0 Å². The maximum Gasteiger partial charge on any atom is 0.155 e. The van der Waals surface area contributed by atoms with Gasteiger partial charge in [0.15, 0.2) is 5.34 Å². The minimum Gasteiger partial charge on any atom is -0.364 e. The van der Waals surface area contributed by atoms with Gasteiger partial charge in [-0.15, -0.1) is 4.91 Å². The van der Waals surface area contributed by atoms with Crippen LogP contribution in [-0.4, -0.2) is 6.58 Å². The predicted molar refractivity (Wildman–Crippen MR) is 45.1 cm³/mol. The van der Waals surface area contributed by atoms with Crippen LogP contribution in [0.1, 0.15) is 46.8 Å². The molecule has 3 nitrogen and oxygen atoms in total. The molecule has 0 amide bonds. The van der Waals surface area contributed by atoms with Crippen LogP contribution in [0.3, 0.4) is 0 Å². The summed E-state index contributed by atoms with van der Waals surface area (Å²) in [7, 11) is 0. The largest absolute Gasteiger partial charge is 0.364 e. The average Bonchev–Trinajstić information content (AvgIpc) is 2.05. The summed E-state index contributed by atoms with van der Waals surface area (Å²) in [6.07, 6.45) is 6.34. The lowest BCUT2D eigenvalue weighted by Crippen LogP contribution is -1.86. The van der Waals surface area contributed by atoms with Gasteiger partial charge in [0.2, 0.25) is 0 Å². The van der Waals surface area contributed by atoms with Crippen LogP contribution >= 0.6 is 0 Å². The fourth-order valence-electron chi connectivity index (χ4n) is 0.914. The molecule has 0 rings (SSSR count). The lowest BCUT2D eigenvalue weighted by molar-refractivity contribution is 0.135. The van der Waals surface area contributed by atoms with Crippen LogP contribution < -0.4 is 0 Å². The molecule has 0 saturated carbocycles. The van der Waals surface area contributed by atoms with Gasteiger partial charge in [0.1, 0.15) is 6.58 Å². The molecule has 0 heterocycles. The van der Waals surface area contributed by atoms with Crippen LogP contribution in [0, 0.1) is 4.91 Å². The van der Waals surface area contributed by atoms with Gasteiger partial charge in [-0.05, 0) is 12.8 Å². The monoisotopic (exact) mass is 160 g/mol. The van der Waals surface area contributed by atoms with Crippen LogP contribution in [0.2, 0.25) is 0 Å². The summed E-state index contributed by atoms with van der Waals surface area (Å²) >= 11 is 0. The van der Waals surface area contributed by atoms with Crippen LogP contribution in [0.25, 0.3) is 0 Å². The second-order valence-electron chi connectivity index (χ2n) is 2.55. The molecule has 3 heteroatoms. The molecule has 0 bridgehead atoms. The first-order chi connectivity index (χ1) is 5.81. The zero-order chi connectivity index (χ0) is 9.23. The Hall–Kier alpha value is -0.600. The molecule has 0 aromatic rings. The van der Waals surface area contributed by atoms with E-state index in [4.69, 9.17) is 1.37 Å². The molecule has 11 heavy (non-hydrogen) atoms. The number of hydrogen-bond acceptors (Lipinski definition) is 3. The van der Waals surface area contributed by atoms with Crippen molar-refractivity contribution in [2.75, 3.05) is 6.58 Å². The van der Waals surface area contributed by atoms with Crippen molar-refractivity contribution in [2.45, 2.75) is 45.4 Å². The van der Waals surface area contributed by atoms with Gasteiger partial charge in [-0.1, -0.05) is 32.6 Å². The van der Waals surface area contributed by atoms with Crippen molar-refractivity contribution in [3.63, 3.8) is 0 Å². The summed E-state index contributed by atoms with van der Waals surface area (Å²) in [5.41, 5.74) is 0. The molecule has 0 saturated heterocycles. The maximum absolute atomic E-state index is 9.56. The van der Waals surface area contributed by atoms with Gasteiger partial charge in [0, 0.05) is 0 Å². The summed E-state index contributed by atoms with van der Waals surface area (Å²) in [5, 5.41) is 2.21. The first kappa shape index (κ1) is 8.50. The summed E-state index contributed by atoms with van der Waals surface area (Å²) < 4.78 is 7.14. The Morgan fingerprint density at radius 3 is 2.55 bits per heavy atom. The summed E-state index contributed by atoms with van der Waals surface area (Å²) in [6.45, 7) is 1.40. The molecule has 0 unspecified atom stereocenters. The smallest absolute Gasteiger partial charge is 0.155 e. The third-order valence-electron chi connectivity index (χ3n) is 1.54. The zero-order valence-corrected chi connectivity index (χ0v) is 7.08. The van der Waals surface area contributed by atoms with E-state index in [2.05, 4.69) is 17.1 Å². The molecule has 0 aromatic heterocycles. The number of unbranched alkanes of at least 4 members (excludes halogenated alkanes) is 4.